The molecule has 2 aromatic rings. The lowest BCUT2D eigenvalue weighted by Crippen LogP contribution is -1.93. The predicted molar refractivity (Wildman–Crippen MR) is 145 cm³/mol. The summed E-state index contributed by atoms with van der Waals surface area (Å²) < 4.78 is 2.50. The van der Waals surface area contributed by atoms with Gasteiger partial charge in [-0.05, 0) is 92.4 Å². The summed E-state index contributed by atoms with van der Waals surface area (Å²) in [6, 6.07) is 13.6. The highest BCUT2D eigenvalue weighted by Gasteiger charge is 2.15. The quantitative estimate of drug-likeness (QED) is 0.357. The van der Waals surface area contributed by atoms with Gasteiger partial charge in [0.1, 0.15) is 0 Å². The second-order valence-corrected chi connectivity index (χ2v) is 13.0. The number of aryl methyl sites for hydroxylation is 2. The van der Waals surface area contributed by atoms with Crippen LogP contribution < -0.4 is 0 Å². The Morgan fingerprint density at radius 2 is 1.47 bits per heavy atom. The summed E-state index contributed by atoms with van der Waals surface area (Å²) in [4.78, 5) is 0. The summed E-state index contributed by atoms with van der Waals surface area (Å²) >= 11 is 11.0. The van der Waals surface area contributed by atoms with Gasteiger partial charge in [-0.15, -0.1) is 23.5 Å². The van der Waals surface area contributed by atoms with E-state index in [1.165, 1.54) is 41.0 Å². The van der Waals surface area contributed by atoms with E-state index in [1.54, 1.807) is 0 Å². The van der Waals surface area contributed by atoms with Crippen molar-refractivity contribution >= 4 is 67.5 Å². The van der Waals surface area contributed by atoms with Crippen molar-refractivity contribution in [1.29, 1.82) is 0 Å². The van der Waals surface area contributed by atoms with Crippen LogP contribution in [0.4, 0.5) is 0 Å². The first kappa shape index (κ1) is 22.3. The molecule has 4 heteroatoms. The number of allylic oxidation sites excluding steroid dienone is 2. The molecule has 0 bridgehead atoms. The highest BCUT2D eigenvalue weighted by atomic mass is 79.9. The van der Waals surface area contributed by atoms with Crippen molar-refractivity contribution in [2.24, 2.45) is 0 Å². The Bertz CT molecular complexity index is 1060. The average Bonchev–Trinajstić information content (AvgIpc) is 3.34. The minimum absolute atomic E-state index is 0.510. The van der Waals surface area contributed by atoms with Crippen molar-refractivity contribution < 1.29 is 0 Å². The van der Waals surface area contributed by atoms with Gasteiger partial charge in [0.2, 0.25) is 0 Å². The van der Waals surface area contributed by atoms with Gasteiger partial charge >= 0.3 is 0 Å². The normalized spacial score (nSPS) is 21.6. The van der Waals surface area contributed by atoms with Gasteiger partial charge in [0.15, 0.2) is 0 Å². The van der Waals surface area contributed by atoms with Gasteiger partial charge in [-0.3, -0.25) is 0 Å². The molecule has 0 saturated heterocycles. The van der Waals surface area contributed by atoms with Gasteiger partial charge in [0.25, 0.3) is 0 Å². The highest BCUT2D eigenvalue weighted by molar-refractivity contribution is 9.14. The minimum atomic E-state index is 0.510. The number of thioether (sulfide) groups is 2. The Morgan fingerprint density at radius 3 is 2.10 bits per heavy atom. The molecule has 2 heterocycles. The van der Waals surface area contributed by atoms with E-state index in [0.29, 0.717) is 10.5 Å². The Hall–Kier alpha value is -0.940. The molecule has 4 rings (SSSR count). The summed E-state index contributed by atoms with van der Waals surface area (Å²) in [6.45, 7) is 4.37. The SMILES string of the molecule is Cc1ccc(C)c(-c2cc(/C=C/C3CC=C(Br)S3)ccc2/C=C/C2CC=C(Br)S2)c1. The Labute approximate surface area is 205 Å². The van der Waals surface area contributed by atoms with Crippen LogP contribution >= 0.6 is 55.4 Å². The summed E-state index contributed by atoms with van der Waals surface area (Å²) in [7, 11) is 0. The lowest BCUT2D eigenvalue weighted by molar-refractivity contribution is 1.10. The van der Waals surface area contributed by atoms with Crippen LogP contribution in [-0.4, -0.2) is 10.5 Å². The topological polar surface area (TPSA) is 0 Å². The number of rotatable bonds is 5. The Kier molecular flexibility index (Phi) is 7.51. The van der Waals surface area contributed by atoms with E-state index in [1.807, 2.05) is 23.5 Å². The number of hydrogen-bond acceptors (Lipinski definition) is 2. The molecule has 2 aliphatic heterocycles. The monoisotopic (exact) mass is 558 g/mol. The van der Waals surface area contributed by atoms with Crippen LogP contribution in [0.3, 0.4) is 0 Å². The molecule has 0 nitrogen and oxygen atoms in total. The van der Waals surface area contributed by atoms with Crippen molar-refractivity contribution in [2.75, 3.05) is 0 Å². The van der Waals surface area contributed by atoms with E-state index in [0.717, 1.165) is 12.8 Å². The zero-order valence-corrected chi connectivity index (χ0v) is 21.9. The molecule has 2 aromatic carbocycles. The second kappa shape index (κ2) is 10.1. The van der Waals surface area contributed by atoms with Gasteiger partial charge in [-0.1, -0.05) is 72.4 Å². The number of benzene rings is 2. The standard InChI is InChI=1S/C26H24Br2S2/c1-17-3-4-18(2)23(15-17)24-16-19(6-9-21-11-13-25(27)29-21)5-7-20(24)8-10-22-12-14-26(28)30-22/h3-10,13-16,21-22H,11-12H2,1-2H3/b9-6+,10-8+. The maximum atomic E-state index is 3.61. The molecule has 0 aromatic heterocycles. The van der Waals surface area contributed by atoms with Crippen molar-refractivity contribution in [3.63, 3.8) is 0 Å². The molecule has 0 fully saturated rings. The molecule has 0 saturated carbocycles. The van der Waals surface area contributed by atoms with E-state index >= 15 is 0 Å². The first-order valence-electron chi connectivity index (χ1n) is 10.1. The number of halogens is 2. The average molecular weight is 560 g/mol. The molecule has 0 N–H and O–H groups in total. The maximum absolute atomic E-state index is 3.61. The van der Waals surface area contributed by atoms with Gasteiger partial charge in [-0.25, -0.2) is 0 Å². The molecular weight excluding hydrogens is 536 g/mol. The van der Waals surface area contributed by atoms with Crippen molar-refractivity contribution in [2.45, 2.75) is 37.2 Å². The first-order valence-corrected chi connectivity index (χ1v) is 13.5. The third-order valence-electron chi connectivity index (χ3n) is 5.30. The summed E-state index contributed by atoms with van der Waals surface area (Å²) in [5.74, 6) is 0. The zero-order chi connectivity index (χ0) is 21.1. The van der Waals surface area contributed by atoms with Crippen molar-refractivity contribution in [3.8, 4) is 11.1 Å². The molecule has 2 unspecified atom stereocenters. The summed E-state index contributed by atoms with van der Waals surface area (Å²) in [6.07, 6.45) is 15.9. The zero-order valence-electron chi connectivity index (χ0n) is 17.1. The minimum Gasteiger partial charge on any atom is -0.111 e. The van der Waals surface area contributed by atoms with Crippen molar-refractivity contribution in [1.82, 2.24) is 0 Å². The van der Waals surface area contributed by atoms with Gasteiger partial charge < -0.3 is 0 Å². The molecule has 154 valence electrons. The van der Waals surface area contributed by atoms with Crippen LogP contribution in [0.5, 0.6) is 0 Å². The summed E-state index contributed by atoms with van der Waals surface area (Å²) in [5, 5.41) is 1.03. The molecule has 0 radical (unpaired) electrons. The van der Waals surface area contributed by atoms with Crippen LogP contribution in [0.1, 0.15) is 35.1 Å². The van der Waals surface area contributed by atoms with Crippen molar-refractivity contribution in [3.05, 3.63) is 90.6 Å². The van der Waals surface area contributed by atoms with Crippen LogP contribution in [-0.2, 0) is 0 Å². The van der Waals surface area contributed by atoms with E-state index in [4.69, 9.17) is 0 Å². The molecule has 30 heavy (non-hydrogen) atoms. The second-order valence-electron chi connectivity index (χ2n) is 7.68. The largest absolute Gasteiger partial charge is 0.111 e. The fourth-order valence-corrected chi connectivity index (χ4v) is 7.12. The predicted octanol–water partition coefficient (Wildman–Crippen LogP) is 9.48. The molecule has 2 atom stereocenters. The lowest BCUT2D eigenvalue weighted by atomic mass is 9.92. The Balaban J connectivity index is 1.66. The van der Waals surface area contributed by atoms with Crippen LogP contribution in [0.25, 0.3) is 23.3 Å². The molecular formula is C26H24Br2S2. The Morgan fingerprint density at radius 1 is 0.800 bits per heavy atom. The molecule has 0 spiro atoms. The molecule has 0 amide bonds. The van der Waals surface area contributed by atoms with Crippen LogP contribution in [0.15, 0.2) is 68.3 Å². The third-order valence-corrected chi connectivity index (χ3v) is 9.16. The fourth-order valence-electron chi connectivity index (χ4n) is 3.65. The maximum Gasteiger partial charge on any atom is 0.0469 e. The van der Waals surface area contributed by atoms with Gasteiger partial charge in [0.05, 0.1) is 0 Å². The van der Waals surface area contributed by atoms with E-state index < -0.39 is 0 Å². The number of hydrogen-bond donors (Lipinski definition) is 0. The fraction of sp³-hybridized carbons (Fsp3) is 0.231. The summed E-state index contributed by atoms with van der Waals surface area (Å²) in [5.41, 5.74) is 7.78. The van der Waals surface area contributed by atoms with E-state index in [9.17, 15) is 0 Å². The van der Waals surface area contributed by atoms with E-state index in [-0.39, 0.29) is 0 Å². The van der Waals surface area contributed by atoms with Crippen LogP contribution in [0.2, 0.25) is 0 Å². The van der Waals surface area contributed by atoms with Gasteiger partial charge in [0, 0.05) is 18.1 Å². The van der Waals surface area contributed by atoms with E-state index in [2.05, 4.69) is 119 Å². The lowest BCUT2D eigenvalue weighted by Gasteiger charge is -2.13. The highest BCUT2D eigenvalue weighted by Crippen LogP contribution is 2.39. The molecule has 0 aliphatic carbocycles. The smallest absolute Gasteiger partial charge is 0.0469 e. The molecule has 2 aliphatic rings. The third kappa shape index (κ3) is 5.64. The van der Waals surface area contributed by atoms with Crippen LogP contribution in [0, 0.1) is 13.8 Å². The van der Waals surface area contributed by atoms with Gasteiger partial charge in [-0.2, -0.15) is 0 Å². The first-order chi connectivity index (χ1) is 14.5.